The number of aromatic amines is 1. The molecular weight excluding hydrogens is 419 g/mol. The molecule has 2 rings (SSSR count). The number of benzene rings is 1. The molecular formula is C16H21IN6O. The molecule has 0 amide bonds. The van der Waals surface area contributed by atoms with Crippen LogP contribution in [0, 0.1) is 12.3 Å². The summed E-state index contributed by atoms with van der Waals surface area (Å²) in [6.45, 7) is 3.54. The molecule has 0 saturated heterocycles. The average molecular weight is 440 g/mol. The lowest BCUT2D eigenvalue weighted by molar-refractivity contribution is 0.415. The van der Waals surface area contributed by atoms with Gasteiger partial charge in [-0.1, -0.05) is 5.92 Å². The van der Waals surface area contributed by atoms with Gasteiger partial charge in [-0.05, 0) is 31.2 Å². The number of terminal acetylenes is 1. The van der Waals surface area contributed by atoms with Gasteiger partial charge in [-0.15, -0.1) is 30.4 Å². The van der Waals surface area contributed by atoms with Crippen molar-refractivity contribution in [1.82, 2.24) is 25.8 Å². The molecule has 1 aromatic heterocycles. The third kappa shape index (κ3) is 5.73. The summed E-state index contributed by atoms with van der Waals surface area (Å²) in [5.74, 6) is 5.25. The number of nitrogens with zero attached hydrogens (tertiary/aromatic N) is 3. The van der Waals surface area contributed by atoms with Gasteiger partial charge in [0.2, 0.25) is 0 Å². The first kappa shape index (κ1) is 19.8. The molecule has 0 aliphatic heterocycles. The summed E-state index contributed by atoms with van der Waals surface area (Å²) in [6.07, 6.45) is 5.24. The number of halogens is 1. The first-order chi connectivity index (χ1) is 11.3. The van der Waals surface area contributed by atoms with Gasteiger partial charge in [0.25, 0.3) is 0 Å². The summed E-state index contributed by atoms with van der Waals surface area (Å²) < 4.78 is 5.14. The van der Waals surface area contributed by atoms with Crippen molar-refractivity contribution in [3.63, 3.8) is 0 Å². The van der Waals surface area contributed by atoms with Crippen molar-refractivity contribution in [2.24, 2.45) is 4.99 Å². The second-order valence-corrected chi connectivity index (χ2v) is 4.59. The van der Waals surface area contributed by atoms with E-state index in [0.717, 1.165) is 17.9 Å². The highest BCUT2D eigenvalue weighted by atomic mass is 127. The molecule has 0 aliphatic rings. The molecule has 0 spiro atoms. The number of H-pyrrole nitrogens is 1. The molecule has 0 fully saturated rings. The highest BCUT2D eigenvalue weighted by molar-refractivity contribution is 14.0. The molecule has 0 saturated carbocycles. The second kappa shape index (κ2) is 10.5. The van der Waals surface area contributed by atoms with Gasteiger partial charge >= 0.3 is 0 Å². The Labute approximate surface area is 158 Å². The van der Waals surface area contributed by atoms with Crippen LogP contribution in [0.5, 0.6) is 5.75 Å². The Morgan fingerprint density at radius 3 is 2.71 bits per heavy atom. The topological polar surface area (TPSA) is 87.2 Å². The Balaban J connectivity index is 0.00000288. The van der Waals surface area contributed by atoms with Crippen molar-refractivity contribution in [2.45, 2.75) is 13.5 Å². The quantitative estimate of drug-likeness (QED) is 0.276. The van der Waals surface area contributed by atoms with Crippen LogP contribution in [-0.2, 0) is 6.54 Å². The normalized spacial score (nSPS) is 10.5. The smallest absolute Gasteiger partial charge is 0.192 e. The van der Waals surface area contributed by atoms with E-state index in [1.807, 2.05) is 31.2 Å². The van der Waals surface area contributed by atoms with Gasteiger partial charge in [-0.25, -0.2) is 9.98 Å². The lowest BCUT2D eigenvalue weighted by Crippen LogP contribution is -2.37. The van der Waals surface area contributed by atoms with Crippen LogP contribution in [0.2, 0.25) is 0 Å². The minimum absolute atomic E-state index is 0. The lowest BCUT2D eigenvalue weighted by atomic mass is 10.2. The van der Waals surface area contributed by atoms with Gasteiger partial charge in [-0.3, -0.25) is 5.10 Å². The van der Waals surface area contributed by atoms with E-state index < -0.39 is 0 Å². The fourth-order valence-corrected chi connectivity index (χ4v) is 1.87. The van der Waals surface area contributed by atoms with Crippen LogP contribution < -0.4 is 15.4 Å². The van der Waals surface area contributed by atoms with Crippen molar-refractivity contribution in [3.05, 3.63) is 30.1 Å². The molecule has 24 heavy (non-hydrogen) atoms. The van der Waals surface area contributed by atoms with Gasteiger partial charge in [0, 0.05) is 12.1 Å². The molecule has 0 radical (unpaired) electrons. The van der Waals surface area contributed by atoms with Crippen LogP contribution >= 0.6 is 24.0 Å². The number of nitrogens with one attached hydrogen (secondary N) is 3. The highest BCUT2D eigenvalue weighted by Gasteiger charge is 2.06. The van der Waals surface area contributed by atoms with Crippen molar-refractivity contribution >= 4 is 29.9 Å². The van der Waals surface area contributed by atoms with Crippen LogP contribution in [0.1, 0.15) is 12.7 Å². The number of guanidine groups is 1. The van der Waals surface area contributed by atoms with Gasteiger partial charge in [0.05, 0.1) is 13.7 Å². The van der Waals surface area contributed by atoms with Crippen LogP contribution in [0.3, 0.4) is 0 Å². The number of methoxy groups -OCH3 is 1. The predicted octanol–water partition coefficient (Wildman–Crippen LogP) is 1.79. The van der Waals surface area contributed by atoms with E-state index in [9.17, 15) is 0 Å². The minimum Gasteiger partial charge on any atom is -0.497 e. The molecule has 0 unspecified atom stereocenters. The van der Waals surface area contributed by atoms with E-state index in [1.165, 1.54) is 0 Å². The largest absolute Gasteiger partial charge is 0.497 e. The van der Waals surface area contributed by atoms with Gasteiger partial charge in [-0.2, -0.15) is 5.10 Å². The SMILES string of the molecule is C#CCNC(=NCc1nc(-c2ccc(OC)cc2)n[nH]1)NCC.I. The number of hydrogen-bond donors (Lipinski definition) is 3. The second-order valence-electron chi connectivity index (χ2n) is 4.59. The van der Waals surface area contributed by atoms with Crippen LogP contribution in [0.25, 0.3) is 11.4 Å². The van der Waals surface area contributed by atoms with E-state index in [0.29, 0.717) is 30.7 Å². The fraction of sp³-hybridized carbons (Fsp3) is 0.312. The lowest BCUT2D eigenvalue weighted by Gasteiger charge is -2.07. The summed E-state index contributed by atoms with van der Waals surface area (Å²) in [5.41, 5.74) is 0.912. The maximum absolute atomic E-state index is 5.24. The van der Waals surface area contributed by atoms with E-state index in [2.05, 4.69) is 36.7 Å². The molecule has 8 heteroatoms. The van der Waals surface area contributed by atoms with E-state index in [4.69, 9.17) is 11.2 Å². The Hall–Kier alpha value is -2.28. The predicted molar refractivity (Wildman–Crippen MR) is 105 cm³/mol. The molecule has 128 valence electrons. The van der Waals surface area contributed by atoms with Crippen LogP contribution in [-0.4, -0.2) is 41.3 Å². The Kier molecular flexibility index (Phi) is 8.64. The van der Waals surface area contributed by atoms with Gasteiger partial charge in [0.15, 0.2) is 11.8 Å². The molecule has 1 aromatic carbocycles. The minimum atomic E-state index is 0. The van der Waals surface area contributed by atoms with Crippen molar-refractivity contribution in [2.75, 3.05) is 20.2 Å². The van der Waals surface area contributed by atoms with Gasteiger partial charge < -0.3 is 15.4 Å². The Morgan fingerprint density at radius 1 is 1.33 bits per heavy atom. The van der Waals surface area contributed by atoms with Crippen LogP contribution in [0.4, 0.5) is 0 Å². The van der Waals surface area contributed by atoms with E-state index in [1.54, 1.807) is 7.11 Å². The maximum Gasteiger partial charge on any atom is 0.192 e. The summed E-state index contributed by atoms with van der Waals surface area (Å²) >= 11 is 0. The highest BCUT2D eigenvalue weighted by Crippen LogP contribution is 2.18. The third-order valence-electron chi connectivity index (χ3n) is 2.97. The molecule has 0 aliphatic carbocycles. The monoisotopic (exact) mass is 440 g/mol. The molecule has 0 atom stereocenters. The Bertz CT molecular complexity index is 689. The number of rotatable bonds is 6. The molecule has 0 bridgehead atoms. The first-order valence-electron chi connectivity index (χ1n) is 7.28. The number of ether oxygens (including phenoxy) is 1. The molecule has 1 heterocycles. The molecule has 7 nitrogen and oxygen atoms in total. The summed E-state index contributed by atoms with van der Waals surface area (Å²) in [5, 5.41) is 13.2. The first-order valence-corrected chi connectivity index (χ1v) is 7.28. The van der Waals surface area contributed by atoms with Crippen molar-refractivity contribution < 1.29 is 4.74 Å². The Morgan fingerprint density at radius 2 is 2.08 bits per heavy atom. The zero-order valence-electron chi connectivity index (χ0n) is 13.7. The molecule has 3 N–H and O–H groups in total. The van der Waals surface area contributed by atoms with E-state index in [-0.39, 0.29) is 24.0 Å². The summed E-state index contributed by atoms with van der Waals surface area (Å²) in [6, 6.07) is 7.56. The van der Waals surface area contributed by atoms with E-state index >= 15 is 0 Å². The zero-order chi connectivity index (χ0) is 16.5. The zero-order valence-corrected chi connectivity index (χ0v) is 16.0. The fourth-order valence-electron chi connectivity index (χ4n) is 1.87. The third-order valence-corrected chi connectivity index (χ3v) is 2.97. The standard InChI is InChI=1S/C16H20N6O.HI/c1-4-10-18-16(17-5-2)19-11-14-20-15(22-21-14)12-6-8-13(23-3)9-7-12;/h1,6-9H,5,10-11H2,2-3H3,(H2,17,18,19)(H,20,21,22);1H. The summed E-state index contributed by atoms with van der Waals surface area (Å²) in [7, 11) is 1.63. The maximum atomic E-state index is 5.24. The summed E-state index contributed by atoms with van der Waals surface area (Å²) in [4.78, 5) is 8.84. The number of aromatic nitrogens is 3. The van der Waals surface area contributed by atoms with Crippen LogP contribution in [0.15, 0.2) is 29.3 Å². The van der Waals surface area contributed by atoms with Gasteiger partial charge in [0.1, 0.15) is 18.1 Å². The average Bonchev–Trinajstić information content (AvgIpc) is 3.06. The molecule has 2 aromatic rings. The van der Waals surface area contributed by atoms with Crippen molar-refractivity contribution in [3.8, 4) is 29.5 Å². The van der Waals surface area contributed by atoms with Crippen molar-refractivity contribution in [1.29, 1.82) is 0 Å². The number of aliphatic imine (C=N–C) groups is 1. The number of hydrogen-bond acceptors (Lipinski definition) is 4.